The third-order valence-corrected chi connectivity index (χ3v) is 4.77. The lowest BCUT2D eigenvalue weighted by Gasteiger charge is -2.24. The summed E-state index contributed by atoms with van der Waals surface area (Å²) in [7, 11) is -3.36. The topological polar surface area (TPSA) is 58.6 Å². The highest BCUT2D eigenvalue weighted by molar-refractivity contribution is 7.87. The van der Waals surface area contributed by atoms with Crippen LogP contribution >= 0.6 is 0 Å². The van der Waals surface area contributed by atoms with Crippen LogP contribution in [0, 0.1) is 0 Å². The van der Waals surface area contributed by atoms with E-state index in [1.54, 1.807) is 0 Å². The molecule has 1 heterocycles. The lowest BCUT2D eigenvalue weighted by atomic mass is 10.1. The van der Waals surface area contributed by atoms with Crippen LogP contribution in [-0.4, -0.2) is 44.6 Å². The number of nitrogens with one attached hydrogen (secondary N) is 1. The SMILES string of the molecule is CCN(CC)S(=O)(=O)NC(C)C1CCCO1. The zero-order valence-corrected chi connectivity index (χ0v) is 11.1. The predicted molar refractivity (Wildman–Crippen MR) is 63.4 cm³/mol. The number of hydrogen-bond donors (Lipinski definition) is 1. The Hall–Kier alpha value is -0.170. The Morgan fingerprint density at radius 1 is 1.44 bits per heavy atom. The van der Waals surface area contributed by atoms with Crippen LogP contribution in [0.3, 0.4) is 0 Å². The standard InChI is InChI=1S/C10H22N2O3S/c1-4-12(5-2)16(13,14)11-9(3)10-7-6-8-15-10/h9-11H,4-8H2,1-3H3. The van der Waals surface area contributed by atoms with E-state index in [0.29, 0.717) is 13.1 Å². The second-order valence-corrected chi connectivity index (χ2v) is 5.75. The molecule has 16 heavy (non-hydrogen) atoms. The van der Waals surface area contributed by atoms with Crippen molar-refractivity contribution in [2.75, 3.05) is 19.7 Å². The fourth-order valence-electron chi connectivity index (χ4n) is 1.95. The molecule has 1 N–H and O–H groups in total. The largest absolute Gasteiger partial charge is 0.377 e. The van der Waals surface area contributed by atoms with E-state index < -0.39 is 10.2 Å². The van der Waals surface area contributed by atoms with E-state index in [0.717, 1.165) is 19.4 Å². The smallest absolute Gasteiger partial charge is 0.279 e. The lowest BCUT2D eigenvalue weighted by molar-refractivity contribution is 0.0897. The minimum atomic E-state index is -3.36. The number of nitrogens with zero attached hydrogens (tertiary/aromatic N) is 1. The molecule has 5 nitrogen and oxygen atoms in total. The van der Waals surface area contributed by atoms with Crippen LogP contribution in [0.5, 0.6) is 0 Å². The molecule has 6 heteroatoms. The van der Waals surface area contributed by atoms with Gasteiger partial charge in [0.1, 0.15) is 0 Å². The van der Waals surface area contributed by atoms with Gasteiger partial charge in [0.15, 0.2) is 0 Å². The van der Waals surface area contributed by atoms with Crippen molar-refractivity contribution in [3.05, 3.63) is 0 Å². The Morgan fingerprint density at radius 2 is 2.06 bits per heavy atom. The molecule has 2 atom stereocenters. The van der Waals surface area contributed by atoms with Gasteiger partial charge in [-0.15, -0.1) is 0 Å². The van der Waals surface area contributed by atoms with E-state index in [2.05, 4.69) is 4.72 Å². The first-order valence-corrected chi connectivity index (χ1v) is 7.34. The first-order chi connectivity index (χ1) is 7.51. The summed E-state index contributed by atoms with van der Waals surface area (Å²) in [5.41, 5.74) is 0. The van der Waals surface area contributed by atoms with Crippen LogP contribution in [0.4, 0.5) is 0 Å². The normalized spacial score (nSPS) is 23.9. The summed E-state index contributed by atoms with van der Waals surface area (Å²) in [6.07, 6.45) is 1.97. The quantitative estimate of drug-likeness (QED) is 0.756. The Morgan fingerprint density at radius 3 is 2.50 bits per heavy atom. The van der Waals surface area contributed by atoms with Gasteiger partial charge in [0.05, 0.1) is 6.10 Å². The summed E-state index contributed by atoms with van der Waals surface area (Å²) in [4.78, 5) is 0. The highest BCUT2D eigenvalue weighted by Gasteiger charge is 2.28. The maximum absolute atomic E-state index is 11.9. The maximum atomic E-state index is 11.9. The average molecular weight is 250 g/mol. The monoisotopic (exact) mass is 250 g/mol. The minimum absolute atomic E-state index is 0.0188. The second kappa shape index (κ2) is 5.95. The van der Waals surface area contributed by atoms with Crippen LogP contribution in [-0.2, 0) is 14.9 Å². The highest BCUT2D eigenvalue weighted by Crippen LogP contribution is 2.16. The Bertz CT molecular complexity index is 295. The van der Waals surface area contributed by atoms with Crippen LogP contribution in [0.25, 0.3) is 0 Å². The molecule has 0 bridgehead atoms. The van der Waals surface area contributed by atoms with Gasteiger partial charge in [-0.2, -0.15) is 17.4 Å². The first-order valence-electron chi connectivity index (χ1n) is 5.90. The fraction of sp³-hybridized carbons (Fsp3) is 1.00. The molecule has 1 fully saturated rings. The third kappa shape index (κ3) is 3.41. The zero-order chi connectivity index (χ0) is 12.2. The van der Waals surface area contributed by atoms with Crippen molar-refractivity contribution in [3.63, 3.8) is 0 Å². The molecule has 1 aliphatic rings. The molecule has 0 aromatic carbocycles. The summed E-state index contributed by atoms with van der Waals surface area (Å²) >= 11 is 0. The van der Waals surface area contributed by atoms with Gasteiger partial charge in [-0.3, -0.25) is 0 Å². The van der Waals surface area contributed by atoms with Crippen LogP contribution < -0.4 is 4.72 Å². The highest BCUT2D eigenvalue weighted by atomic mass is 32.2. The third-order valence-electron chi connectivity index (χ3n) is 2.90. The Kier molecular flexibility index (Phi) is 5.17. The van der Waals surface area contributed by atoms with E-state index in [9.17, 15) is 8.42 Å². The van der Waals surface area contributed by atoms with Crippen LogP contribution in [0.15, 0.2) is 0 Å². The fourth-order valence-corrected chi connectivity index (χ4v) is 3.40. The molecule has 0 aromatic rings. The van der Waals surface area contributed by atoms with E-state index in [-0.39, 0.29) is 12.1 Å². The zero-order valence-electron chi connectivity index (χ0n) is 10.3. The number of ether oxygens (including phenoxy) is 1. The van der Waals surface area contributed by atoms with Crippen molar-refractivity contribution >= 4 is 10.2 Å². The molecular formula is C10H22N2O3S. The number of hydrogen-bond acceptors (Lipinski definition) is 3. The average Bonchev–Trinajstić information content (AvgIpc) is 2.70. The Balaban J connectivity index is 2.57. The molecule has 1 aliphatic heterocycles. The maximum Gasteiger partial charge on any atom is 0.279 e. The van der Waals surface area contributed by atoms with E-state index in [1.807, 2.05) is 20.8 Å². The van der Waals surface area contributed by atoms with Crippen LogP contribution in [0.1, 0.15) is 33.6 Å². The second-order valence-electron chi connectivity index (χ2n) is 4.05. The molecular weight excluding hydrogens is 228 g/mol. The molecule has 0 amide bonds. The molecule has 0 saturated carbocycles. The lowest BCUT2D eigenvalue weighted by Crippen LogP contribution is -2.48. The Labute approximate surface area is 98.3 Å². The van der Waals surface area contributed by atoms with Gasteiger partial charge in [0.2, 0.25) is 0 Å². The van der Waals surface area contributed by atoms with E-state index >= 15 is 0 Å². The summed E-state index contributed by atoms with van der Waals surface area (Å²) in [5.74, 6) is 0. The molecule has 2 unspecified atom stereocenters. The summed E-state index contributed by atoms with van der Waals surface area (Å²) in [6.45, 7) is 7.24. The van der Waals surface area contributed by atoms with Crippen molar-refractivity contribution in [1.82, 2.24) is 9.03 Å². The summed E-state index contributed by atoms with van der Waals surface area (Å²) < 4.78 is 33.4. The van der Waals surface area contributed by atoms with Crippen molar-refractivity contribution in [3.8, 4) is 0 Å². The van der Waals surface area contributed by atoms with Gasteiger partial charge in [-0.1, -0.05) is 13.8 Å². The molecule has 0 radical (unpaired) electrons. The van der Waals surface area contributed by atoms with E-state index in [4.69, 9.17) is 4.74 Å². The van der Waals surface area contributed by atoms with Crippen molar-refractivity contribution < 1.29 is 13.2 Å². The molecule has 1 saturated heterocycles. The van der Waals surface area contributed by atoms with Crippen molar-refractivity contribution in [2.45, 2.75) is 45.8 Å². The van der Waals surface area contributed by atoms with Crippen molar-refractivity contribution in [1.29, 1.82) is 0 Å². The molecule has 1 rings (SSSR count). The van der Waals surface area contributed by atoms with Gasteiger partial charge >= 0.3 is 0 Å². The molecule has 0 aromatic heterocycles. The van der Waals surface area contributed by atoms with Gasteiger partial charge in [-0.05, 0) is 19.8 Å². The van der Waals surface area contributed by atoms with Gasteiger partial charge in [0, 0.05) is 25.7 Å². The van der Waals surface area contributed by atoms with Crippen molar-refractivity contribution in [2.24, 2.45) is 0 Å². The number of rotatable bonds is 6. The molecule has 0 spiro atoms. The van der Waals surface area contributed by atoms with Gasteiger partial charge < -0.3 is 4.74 Å². The van der Waals surface area contributed by atoms with Gasteiger partial charge in [0.25, 0.3) is 10.2 Å². The first kappa shape index (κ1) is 13.9. The van der Waals surface area contributed by atoms with Gasteiger partial charge in [-0.25, -0.2) is 0 Å². The summed E-state index contributed by atoms with van der Waals surface area (Å²) in [6, 6.07) is -0.159. The molecule has 0 aliphatic carbocycles. The van der Waals surface area contributed by atoms with E-state index in [1.165, 1.54) is 4.31 Å². The minimum Gasteiger partial charge on any atom is -0.377 e. The molecule has 96 valence electrons. The predicted octanol–water partition coefficient (Wildman–Crippen LogP) is 0.730. The summed E-state index contributed by atoms with van der Waals surface area (Å²) in [5, 5.41) is 0. The van der Waals surface area contributed by atoms with Crippen LogP contribution in [0.2, 0.25) is 0 Å².